The summed E-state index contributed by atoms with van der Waals surface area (Å²) in [5, 5.41) is 5.76. The van der Waals surface area contributed by atoms with E-state index in [9.17, 15) is 9.59 Å². The number of hydrogen-bond acceptors (Lipinski definition) is 5. The number of quaternary nitrogens is 2. The Labute approximate surface area is 223 Å². The lowest BCUT2D eigenvalue weighted by Crippen LogP contribution is -3.18. The molecule has 0 aromatic heterocycles. The number of likely N-dealkylation sites (N-methyl/N-ethyl adjacent to an activating group) is 1. The second-order valence-electron chi connectivity index (χ2n) is 12.4. The quantitative estimate of drug-likeness (QED) is 0.386. The Hall–Kier alpha value is -1.26. The first-order valence-electron chi connectivity index (χ1n) is 15.3. The minimum Gasteiger partial charge on any atom is -0.381 e. The molecular weight excluding hydrogens is 468 g/mol. The van der Waals surface area contributed by atoms with Crippen LogP contribution in [0.3, 0.4) is 0 Å². The standard InChI is InChI=1S/C28H50N6O3/c1-31-22(8-11-26(35)33-17-15-32(16-18-33)25-5-3-4-13-29-25)19-30-28(36)27-24(31)12-14-34(27)20-21-6-9-23(37-2)10-7-21/h21-25,27,29H,3-20H2,1-2H3,(H,30,36)/p+2. The van der Waals surface area contributed by atoms with Gasteiger partial charge in [0.2, 0.25) is 11.8 Å². The van der Waals surface area contributed by atoms with E-state index in [0.717, 1.165) is 65.0 Å². The number of hydrogen-bond donors (Lipinski definition) is 3. The summed E-state index contributed by atoms with van der Waals surface area (Å²) in [5.74, 6) is 1.18. The van der Waals surface area contributed by atoms with E-state index < -0.39 is 0 Å². The summed E-state index contributed by atoms with van der Waals surface area (Å²) < 4.78 is 5.55. The number of fused-ring (bicyclic) bond motifs is 1. The van der Waals surface area contributed by atoms with Crippen molar-refractivity contribution in [1.29, 1.82) is 0 Å². The Kier molecular flexibility index (Phi) is 9.40. The predicted molar refractivity (Wildman–Crippen MR) is 142 cm³/mol. The maximum atomic E-state index is 13.2. The second-order valence-corrected chi connectivity index (χ2v) is 12.4. The van der Waals surface area contributed by atoms with Crippen LogP contribution >= 0.6 is 0 Å². The Balaban J connectivity index is 1.09. The van der Waals surface area contributed by atoms with Crippen molar-refractivity contribution in [2.75, 3.05) is 66.5 Å². The molecule has 1 aliphatic carbocycles. The Morgan fingerprint density at radius 3 is 2.54 bits per heavy atom. The summed E-state index contributed by atoms with van der Waals surface area (Å²) in [4.78, 5) is 34.9. The zero-order valence-electron chi connectivity index (χ0n) is 23.3. The number of amides is 2. The summed E-state index contributed by atoms with van der Waals surface area (Å²) in [6.07, 6.45) is 12.2. The van der Waals surface area contributed by atoms with Crippen molar-refractivity contribution in [2.24, 2.45) is 5.92 Å². The molecule has 0 radical (unpaired) electrons. The van der Waals surface area contributed by atoms with Crippen LogP contribution in [0.5, 0.6) is 0 Å². The monoisotopic (exact) mass is 520 g/mol. The van der Waals surface area contributed by atoms with E-state index in [4.69, 9.17) is 4.74 Å². The third-order valence-corrected chi connectivity index (χ3v) is 10.4. The van der Waals surface area contributed by atoms with Gasteiger partial charge in [0.1, 0.15) is 24.3 Å². The highest BCUT2D eigenvalue weighted by atomic mass is 16.5. The first-order chi connectivity index (χ1) is 18.0. The average molecular weight is 521 g/mol. The number of piperidine rings is 1. The van der Waals surface area contributed by atoms with Gasteiger partial charge in [-0.15, -0.1) is 0 Å². The minimum atomic E-state index is -0.0227. The molecule has 210 valence electrons. The highest BCUT2D eigenvalue weighted by Gasteiger charge is 2.48. The average Bonchev–Trinajstić information content (AvgIpc) is 3.32. The number of carbonyl (C=O) groups excluding carboxylic acids is 2. The molecule has 0 bridgehead atoms. The molecule has 5 rings (SSSR count). The van der Waals surface area contributed by atoms with Crippen LogP contribution in [-0.2, 0) is 14.3 Å². The molecule has 0 aromatic rings. The van der Waals surface area contributed by atoms with Gasteiger partial charge in [-0.2, -0.15) is 0 Å². The summed E-state index contributed by atoms with van der Waals surface area (Å²) in [7, 11) is 4.09. The fraction of sp³-hybridized carbons (Fsp3) is 0.929. The van der Waals surface area contributed by atoms with Gasteiger partial charge in [-0.25, -0.2) is 0 Å². The lowest BCUT2D eigenvalue weighted by molar-refractivity contribution is -0.928. The van der Waals surface area contributed by atoms with E-state index in [2.05, 4.69) is 32.4 Å². The van der Waals surface area contributed by atoms with Crippen molar-refractivity contribution in [3.05, 3.63) is 0 Å². The van der Waals surface area contributed by atoms with Gasteiger partial charge in [0.05, 0.1) is 26.2 Å². The van der Waals surface area contributed by atoms with Crippen LogP contribution in [-0.4, -0.2) is 123 Å². The highest BCUT2D eigenvalue weighted by Crippen LogP contribution is 2.29. The number of nitrogens with one attached hydrogen (secondary N) is 2. The lowest BCUT2D eigenvalue weighted by Gasteiger charge is -2.39. The number of piperazine rings is 1. The summed E-state index contributed by atoms with van der Waals surface area (Å²) in [6, 6.07) is 0.608. The van der Waals surface area contributed by atoms with Gasteiger partial charge in [-0.3, -0.25) is 19.4 Å². The van der Waals surface area contributed by atoms with Crippen molar-refractivity contribution in [3.63, 3.8) is 0 Å². The third kappa shape index (κ3) is 6.49. The Bertz CT molecular complexity index is 761. The molecule has 9 heteroatoms. The molecule has 2 amide bonds. The topological polar surface area (TPSA) is 86.2 Å². The van der Waals surface area contributed by atoms with Gasteiger partial charge in [0, 0.05) is 72.1 Å². The van der Waals surface area contributed by atoms with Crippen molar-refractivity contribution >= 4 is 11.8 Å². The molecule has 4 N–H and O–H groups in total. The molecule has 4 heterocycles. The molecule has 4 saturated heterocycles. The van der Waals surface area contributed by atoms with Gasteiger partial charge in [-0.1, -0.05) is 0 Å². The molecule has 4 aliphatic heterocycles. The van der Waals surface area contributed by atoms with E-state index >= 15 is 0 Å². The van der Waals surface area contributed by atoms with Crippen LogP contribution < -0.4 is 15.5 Å². The van der Waals surface area contributed by atoms with Crippen LogP contribution in [0.15, 0.2) is 0 Å². The second kappa shape index (κ2) is 12.7. The van der Waals surface area contributed by atoms with Crippen LogP contribution in [0.1, 0.15) is 64.2 Å². The van der Waals surface area contributed by atoms with Crippen molar-refractivity contribution in [2.45, 2.75) is 94.6 Å². The highest BCUT2D eigenvalue weighted by molar-refractivity contribution is 5.83. The van der Waals surface area contributed by atoms with Crippen molar-refractivity contribution in [3.8, 4) is 0 Å². The molecule has 9 nitrogen and oxygen atoms in total. The maximum Gasteiger partial charge on any atom is 0.243 e. The number of ether oxygens (including phenoxy) is 1. The third-order valence-electron chi connectivity index (χ3n) is 10.4. The van der Waals surface area contributed by atoms with Crippen LogP contribution in [0.2, 0.25) is 0 Å². The summed E-state index contributed by atoms with van der Waals surface area (Å²) in [6.45, 7) is 7.70. The van der Waals surface area contributed by atoms with Crippen molar-refractivity contribution in [1.82, 2.24) is 20.0 Å². The van der Waals surface area contributed by atoms with Gasteiger partial charge in [0.15, 0.2) is 0 Å². The molecule has 0 aromatic carbocycles. The lowest BCUT2D eigenvalue weighted by atomic mass is 9.87. The number of rotatable bonds is 7. The molecule has 5 fully saturated rings. The molecule has 37 heavy (non-hydrogen) atoms. The van der Waals surface area contributed by atoms with Crippen LogP contribution in [0.25, 0.3) is 0 Å². The van der Waals surface area contributed by atoms with Gasteiger partial charge >= 0.3 is 0 Å². The van der Waals surface area contributed by atoms with Crippen LogP contribution in [0.4, 0.5) is 0 Å². The van der Waals surface area contributed by atoms with E-state index in [1.54, 1.807) is 0 Å². The number of nitrogens with zero attached hydrogens (tertiary/aromatic N) is 3. The summed E-state index contributed by atoms with van der Waals surface area (Å²) in [5.41, 5.74) is 0. The molecule has 0 spiro atoms. The number of carbonyl (C=O) groups is 2. The summed E-state index contributed by atoms with van der Waals surface area (Å²) >= 11 is 0. The molecule has 5 aliphatic rings. The van der Waals surface area contributed by atoms with Crippen LogP contribution in [0, 0.1) is 5.92 Å². The largest absolute Gasteiger partial charge is 0.381 e. The SMILES string of the molecule is COC1CCC(CN2CCC3C2C(=O)NCC(CCC(=O)N2CCN(C4CCCC[NH2+]4)CC2)[NH+]3C)CC1. The molecule has 1 saturated carbocycles. The van der Waals surface area contributed by atoms with Gasteiger partial charge in [-0.05, 0) is 44.4 Å². The first-order valence-corrected chi connectivity index (χ1v) is 15.3. The zero-order chi connectivity index (χ0) is 25.8. The van der Waals surface area contributed by atoms with E-state index in [-0.39, 0.29) is 11.9 Å². The molecular formula is C28H52N6O3+2. The molecule has 5 atom stereocenters. The fourth-order valence-corrected chi connectivity index (χ4v) is 7.91. The van der Waals surface area contributed by atoms with Crippen molar-refractivity contribution < 1.29 is 24.5 Å². The Morgan fingerprint density at radius 1 is 1.05 bits per heavy atom. The van der Waals surface area contributed by atoms with E-state index in [1.807, 2.05) is 7.11 Å². The van der Waals surface area contributed by atoms with E-state index in [0.29, 0.717) is 49.1 Å². The number of likely N-dealkylation sites (tertiary alicyclic amines) is 1. The Morgan fingerprint density at radius 2 is 1.84 bits per heavy atom. The maximum absolute atomic E-state index is 13.2. The predicted octanol–water partition coefficient (Wildman–Crippen LogP) is -1.35. The zero-order valence-corrected chi connectivity index (χ0v) is 23.3. The van der Waals surface area contributed by atoms with E-state index in [1.165, 1.54) is 43.5 Å². The van der Waals surface area contributed by atoms with Gasteiger partial charge < -0.3 is 25.2 Å². The normalized spacial score (nSPS) is 38.2. The number of nitrogens with two attached hydrogens (primary N) is 1. The minimum absolute atomic E-state index is 0.0227. The van der Waals surface area contributed by atoms with Gasteiger partial charge in [0.25, 0.3) is 0 Å². The molecule has 5 unspecified atom stereocenters. The first kappa shape index (κ1) is 27.3. The smallest absolute Gasteiger partial charge is 0.243 e. The number of methoxy groups -OCH3 is 1. The fourth-order valence-electron chi connectivity index (χ4n) is 7.91.